The van der Waals surface area contributed by atoms with Gasteiger partial charge in [-0.2, -0.15) is 0 Å². The first kappa shape index (κ1) is 17.9. The number of halogens is 1. The number of fused-ring (bicyclic) bond motifs is 1. The molecule has 1 fully saturated rings. The lowest BCUT2D eigenvalue weighted by atomic mass is 10.1. The van der Waals surface area contributed by atoms with Crippen molar-refractivity contribution in [2.45, 2.75) is 25.4 Å². The fourth-order valence-corrected chi connectivity index (χ4v) is 4.28. The van der Waals surface area contributed by atoms with Crippen LogP contribution in [0.4, 0.5) is 10.3 Å². The lowest BCUT2D eigenvalue weighted by molar-refractivity contribution is 0.386. The van der Waals surface area contributed by atoms with Crippen molar-refractivity contribution in [2.24, 2.45) is 5.73 Å². The molecule has 4 rings (SSSR count). The number of aromatic nitrogens is 2. The molecule has 3 heterocycles. The lowest BCUT2D eigenvalue weighted by Gasteiger charge is -2.33. The number of anilines is 1. The van der Waals surface area contributed by atoms with Crippen LogP contribution in [-0.2, 0) is 6.54 Å². The fraction of sp³-hybridized carbons (Fsp3) is 0.368. The van der Waals surface area contributed by atoms with Gasteiger partial charge >= 0.3 is 0 Å². The van der Waals surface area contributed by atoms with E-state index in [-0.39, 0.29) is 23.9 Å². The molecule has 8 heteroatoms. The van der Waals surface area contributed by atoms with Crippen molar-refractivity contribution in [1.82, 2.24) is 9.55 Å². The summed E-state index contributed by atoms with van der Waals surface area (Å²) < 4.78 is 21.3. The highest BCUT2D eigenvalue weighted by Gasteiger charge is 2.23. The van der Waals surface area contributed by atoms with Crippen molar-refractivity contribution < 1.29 is 9.13 Å². The van der Waals surface area contributed by atoms with Crippen LogP contribution < -0.4 is 20.9 Å². The summed E-state index contributed by atoms with van der Waals surface area (Å²) >= 11 is 1.37. The maximum atomic E-state index is 14.1. The zero-order chi connectivity index (χ0) is 19.0. The van der Waals surface area contributed by atoms with Crippen LogP contribution in [-0.4, -0.2) is 35.8 Å². The Morgan fingerprint density at radius 2 is 2.26 bits per heavy atom. The van der Waals surface area contributed by atoms with Crippen LogP contribution in [0.25, 0.3) is 10.2 Å². The maximum absolute atomic E-state index is 14.1. The topological polar surface area (TPSA) is 73.4 Å². The number of rotatable bonds is 4. The summed E-state index contributed by atoms with van der Waals surface area (Å²) in [7, 11) is 1.43. The van der Waals surface area contributed by atoms with Crippen LogP contribution in [0, 0.1) is 5.82 Å². The number of benzene rings is 1. The highest BCUT2D eigenvalue weighted by molar-refractivity contribution is 7.17. The van der Waals surface area contributed by atoms with E-state index < -0.39 is 5.82 Å². The lowest BCUT2D eigenvalue weighted by Crippen LogP contribution is -2.45. The van der Waals surface area contributed by atoms with E-state index in [0.29, 0.717) is 28.3 Å². The molecule has 0 saturated carbocycles. The minimum Gasteiger partial charge on any atom is -0.494 e. The number of nitrogens with zero attached hydrogens (tertiary/aromatic N) is 3. The summed E-state index contributed by atoms with van der Waals surface area (Å²) in [5.41, 5.74) is 7.39. The molecule has 0 bridgehead atoms. The summed E-state index contributed by atoms with van der Waals surface area (Å²) in [6.45, 7) is 1.69. The highest BCUT2D eigenvalue weighted by Crippen LogP contribution is 2.24. The average molecular weight is 388 g/mol. The third kappa shape index (κ3) is 3.42. The number of hydrogen-bond donors (Lipinski definition) is 1. The molecule has 1 unspecified atom stereocenters. The van der Waals surface area contributed by atoms with Crippen LogP contribution in [0.1, 0.15) is 18.4 Å². The van der Waals surface area contributed by atoms with E-state index >= 15 is 0 Å². The van der Waals surface area contributed by atoms with Crippen LogP contribution >= 0.6 is 11.3 Å². The van der Waals surface area contributed by atoms with Gasteiger partial charge in [0.2, 0.25) is 5.95 Å². The third-order valence-electron chi connectivity index (χ3n) is 4.84. The summed E-state index contributed by atoms with van der Waals surface area (Å²) in [5.74, 6) is 0.326. The average Bonchev–Trinajstić information content (AvgIpc) is 3.13. The van der Waals surface area contributed by atoms with E-state index in [1.807, 2.05) is 11.4 Å². The first-order valence-corrected chi connectivity index (χ1v) is 9.76. The summed E-state index contributed by atoms with van der Waals surface area (Å²) in [6, 6.07) is 6.64. The molecule has 3 aromatic rings. The second kappa shape index (κ2) is 7.28. The van der Waals surface area contributed by atoms with E-state index in [1.54, 1.807) is 16.7 Å². The van der Waals surface area contributed by atoms with E-state index in [2.05, 4.69) is 4.90 Å². The van der Waals surface area contributed by atoms with Gasteiger partial charge in [0.15, 0.2) is 11.6 Å². The van der Waals surface area contributed by atoms with Crippen LogP contribution in [0.3, 0.4) is 0 Å². The second-order valence-corrected chi connectivity index (χ2v) is 7.67. The molecule has 0 amide bonds. The largest absolute Gasteiger partial charge is 0.494 e. The van der Waals surface area contributed by atoms with Gasteiger partial charge in [-0.1, -0.05) is 6.07 Å². The molecular weight excluding hydrogens is 367 g/mol. The van der Waals surface area contributed by atoms with Gasteiger partial charge in [-0.05, 0) is 42.0 Å². The minimum absolute atomic E-state index is 0.0562. The molecule has 1 saturated heterocycles. The highest BCUT2D eigenvalue weighted by atomic mass is 32.1. The van der Waals surface area contributed by atoms with Gasteiger partial charge < -0.3 is 15.4 Å². The standard InChI is InChI=1S/C19H21FN4O2S/c1-26-16-5-4-12(9-14(16)20)10-24-18(25)17-15(6-8-27-17)22-19(24)23-7-2-3-13(21)11-23/h4-6,8-9,13H,2-3,7,10-11,21H2,1H3. The predicted molar refractivity (Wildman–Crippen MR) is 105 cm³/mol. The molecular formula is C19H21FN4O2S. The Kier molecular flexibility index (Phi) is 4.84. The molecule has 1 aliphatic heterocycles. The Balaban J connectivity index is 1.80. The van der Waals surface area contributed by atoms with Crippen molar-refractivity contribution in [3.05, 3.63) is 51.4 Å². The van der Waals surface area contributed by atoms with Gasteiger partial charge in [-0.25, -0.2) is 9.37 Å². The van der Waals surface area contributed by atoms with E-state index in [1.165, 1.54) is 24.5 Å². The van der Waals surface area contributed by atoms with Gasteiger partial charge in [0.05, 0.1) is 19.2 Å². The second-order valence-electron chi connectivity index (χ2n) is 6.76. The molecule has 1 atom stereocenters. The molecule has 0 radical (unpaired) electrons. The first-order chi connectivity index (χ1) is 13.1. The zero-order valence-electron chi connectivity index (χ0n) is 15.0. The van der Waals surface area contributed by atoms with E-state index in [0.717, 1.165) is 19.4 Å². The normalized spacial score (nSPS) is 17.4. The maximum Gasteiger partial charge on any atom is 0.273 e. The monoisotopic (exact) mass is 388 g/mol. The molecule has 1 aromatic carbocycles. The molecule has 0 spiro atoms. The molecule has 142 valence electrons. The van der Waals surface area contributed by atoms with Gasteiger partial charge in [-0.3, -0.25) is 9.36 Å². The number of ether oxygens (including phenoxy) is 1. The summed E-state index contributed by atoms with van der Waals surface area (Å²) in [6.07, 6.45) is 1.92. The Morgan fingerprint density at radius 1 is 1.41 bits per heavy atom. The molecule has 2 aromatic heterocycles. The SMILES string of the molecule is COc1ccc(Cn2c(N3CCCC(N)C3)nc3ccsc3c2=O)cc1F. The predicted octanol–water partition coefficient (Wildman–Crippen LogP) is 2.58. The van der Waals surface area contributed by atoms with Crippen molar-refractivity contribution in [1.29, 1.82) is 0 Å². The van der Waals surface area contributed by atoms with Gasteiger partial charge in [0, 0.05) is 19.1 Å². The number of thiophene rings is 1. The molecule has 0 aliphatic carbocycles. The van der Waals surface area contributed by atoms with Gasteiger partial charge in [0.25, 0.3) is 5.56 Å². The Morgan fingerprint density at radius 3 is 3.00 bits per heavy atom. The number of methoxy groups -OCH3 is 1. The summed E-state index contributed by atoms with van der Waals surface area (Å²) in [5, 5.41) is 1.86. The quantitative estimate of drug-likeness (QED) is 0.744. The van der Waals surface area contributed by atoms with Crippen LogP contribution in [0.5, 0.6) is 5.75 Å². The van der Waals surface area contributed by atoms with Crippen LogP contribution in [0.15, 0.2) is 34.4 Å². The van der Waals surface area contributed by atoms with Crippen molar-refractivity contribution in [3.8, 4) is 5.75 Å². The van der Waals surface area contributed by atoms with Crippen molar-refractivity contribution >= 4 is 27.5 Å². The smallest absolute Gasteiger partial charge is 0.273 e. The molecule has 1 aliphatic rings. The van der Waals surface area contributed by atoms with Crippen molar-refractivity contribution in [3.63, 3.8) is 0 Å². The van der Waals surface area contributed by atoms with Crippen molar-refractivity contribution in [2.75, 3.05) is 25.1 Å². The Labute approximate surface area is 160 Å². The third-order valence-corrected chi connectivity index (χ3v) is 5.73. The molecule has 27 heavy (non-hydrogen) atoms. The number of hydrogen-bond acceptors (Lipinski definition) is 6. The fourth-order valence-electron chi connectivity index (χ4n) is 3.50. The number of nitrogens with two attached hydrogens (primary N) is 1. The molecule has 2 N–H and O–H groups in total. The zero-order valence-corrected chi connectivity index (χ0v) is 15.8. The Hall–Kier alpha value is -2.45. The Bertz CT molecular complexity index is 1030. The van der Waals surface area contributed by atoms with Crippen LogP contribution in [0.2, 0.25) is 0 Å². The molecule has 6 nitrogen and oxygen atoms in total. The number of piperidine rings is 1. The van der Waals surface area contributed by atoms with E-state index in [4.69, 9.17) is 15.5 Å². The minimum atomic E-state index is -0.449. The van der Waals surface area contributed by atoms with E-state index in [9.17, 15) is 9.18 Å². The van der Waals surface area contributed by atoms with Gasteiger partial charge in [0.1, 0.15) is 4.70 Å². The summed E-state index contributed by atoms with van der Waals surface area (Å²) in [4.78, 5) is 19.9. The first-order valence-electron chi connectivity index (χ1n) is 8.88. The van der Waals surface area contributed by atoms with Gasteiger partial charge in [-0.15, -0.1) is 11.3 Å².